The first-order chi connectivity index (χ1) is 11.9. The summed E-state index contributed by atoms with van der Waals surface area (Å²) in [6.07, 6.45) is 0. The molecule has 2 aromatic heterocycles. The number of benzene rings is 1. The number of rotatable bonds is 5. The molecule has 1 amide bonds. The number of hydrogen-bond donors (Lipinski definition) is 2. The molecule has 0 unspecified atom stereocenters. The summed E-state index contributed by atoms with van der Waals surface area (Å²) in [5.41, 5.74) is 4.89. The van der Waals surface area contributed by atoms with E-state index in [1.807, 2.05) is 25.1 Å². The van der Waals surface area contributed by atoms with E-state index in [4.69, 9.17) is 0 Å². The lowest BCUT2D eigenvalue weighted by molar-refractivity contribution is -0.122. The summed E-state index contributed by atoms with van der Waals surface area (Å²) in [5, 5.41) is 7.12. The molecule has 0 atom stereocenters. The summed E-state index contributed by atoms with van der Waals surface area (Å²) >= 11 is 0. The zero-order chi connectivity index (χ0) is 18.1. The number of imidazole rings is 1. The fourth-order valence-electron chi connectivity index (χ4n) is 3.04. The van der Waals surface area contributed by atoms with Crippen molar-refractivity contribution in [1.29, 1.82) is 0 Å². The molecule has 130 valence electrons. The maximum atomic E-state index is 12.2. The van der Waals surface area contributed by atoms with Gasteiger partial charge in [0.1, 0.15) is 12.4 Å². The number of nitrogens with zero attached hydrogens (tertiary/aromatic N) is 3. The molecule has 3 rings (SSSR count). The van der Waals surface area contributed by atoms with E-state index in [1.54, 1.807) is 18.5 Å². The van der Waals surface area contributed by atoms with Gasteiger partial charge in [0.25, 0.3) is 0 Å². The molecular formula is C18H21N5O2. The zero-order valence-electron chi connectivity index (χ0n) is 14.8. The van der Waals surface area contributed by atoms with Gasteiger partial charge in [0.15, 0.2) is 5.78 Å². The van der Waals surface area contributed by atoms with Crippen molar-refractivity contribution in [3.8, 4) is 0 Å². The molecule has 0 radical (unpaired) electrons. The van der Waals surface area contributed by atoms with Crippen LogP contribution >= 0.6 is 0 Å². The molecule has 0 bridgehead atoms. The van der Waals surface area contributed by atoms with E-state index in [9.17, 15) is 9.59 Å². The highest BCUT2D eigenvalue weighted by molar-refractivity contribution is 5.96. The number of H-pyrrole nitrogens is 1. The van der Waals surface area contributed by atoms with Crippen LogP contribution in [-0.2, 0) is 17.9 Å². The molecule has 25 heavy (non-hydrogen) atoms. The number of aromatic nitrogens is 4. The Labute approximate surface area is 145 Å². The molecule has 2 heterocycles. The van der Waals surface area contributed by atoms with Crippen LogP contribution < -0.4 is 5.32 Å². The van der Waals surface area contributed by atoms with Crippen LogP contribution in [0.2, 0.25) is 0 Å². The quantitative estimate of drug-likeness (QED) is 0.697. The van der Waals surface area contributed by atoms with Crippen LogP contribution in [0.25, 0.3) is 11.0 Å². The average Bonchev–Trinajstić information content (AvgIpc) is 3.07. The van der Waals surface area contributed by atoms with Gasteiger partial charge < -0.3 is 10.3 Å². The van der Waals surface area contributed by atoms with Crippen molar-refractivity contribution in [2.75, 3.05) is 0 Å². The van der Waals surface area contributed by atoms with Crippen LogP contribution in [0.1, 0.15) is 40.1 Å². The third-order valence-electron chi connectivity index (χ3n) is 4.24. The van der Waals surface area contributed by atoms with Crippen LogP contribution in [0.3, 0.4) is 0 Å². The number of carbonyl (C=O) groups is 2. The van der Waals surface area contributed by atoms with Gasteiger partial charge in [-0.25, -0.2) is 4.98 Å². The molecule has 7 nitrogen and oxygen atoms in total. The van der Waals surface area contributed by atoms with Gasteiger partial charge in [-0.15, -0.1) is 0 Å². The smallest absolute Gasteiger partial charge is 0.242 e. The fraction of sp³-hybridized carbons (Fsp3) is 0.333. The molecule has 0 aliphatic carbocycles. The second-order valence-corrected chi connectivity index (χ2v) is 6.19. The number of hydrogen-bond acceptors (Lipinski definition) is 4. The molecule has 3 aromatic rings. The number of carbonyl (C=O) groups excluding carboxylic acids is 2. The van der Waals surface area contributed by atoms with Crippen molar-refractivity contribution < 1.29 is 9.59 Å². The lowest BCUT2D eigenvalue weighted by Gasteiger charge is -2.05. The van der Waals surface area contributed by atoms with Gasteiger partial charge in [-0.1, -0.05) is 12.1 Å². The van der Waals surface area contributed by atoms with Crippen molar-refractivity contribution in [1.82, 2.24) is 25.1 Å². The number of ketones is 1. The molecule has 0 aliphatic heterocycles. The monoisotopic (exact) mass is 339 g/mol. The number of aryl methyl sites for hydroxylation is 2. The second-order valence-electron chi connectivity index (χ2n) is 6.19. The van der Waals surface area contributed by atoms with E-state index in [2.05, 4.69) is 20.4 Å². The van der Waals surface area contributed by atoms with Crippen molar-refractivity contribution >= 4 is 22.7 Å². The maximum Gasteiger partial charge on any atom is 0.242 e. The number of fused-ring (bicyclic) bond motifs is 1. The minimum absolute atomic E-state index is 0.0423. The Morgan fingerprint density at radius 2 is 2.00 bits per heavy atom. The van der Waals surface area contributed by atoms with Crippen LogP contribution in [0.15, 0.2) is 18.2 Å². The van der Waals surface area contributed by atoms with Crippen LogP contribution in [0.5, 0.6) is 0 Å². The summed E-state index contributed by atoms with van der Waals surface area (Å²) in [5.74, 6) is 0.479. The van der Waals surface area contributed by atoms with Crippen molar-refractivity contribution in [2.45, 2.75) is 40.8 Å². The number of para-hydroxylation sites is 1. The van der Waals surface area contributed by atoms with E-state index < -0.39 is 0 Å². The lowest BCUT2D eigenvalue weighted by atomic mass is 10.1. The van der Waals surface area contributed by atoms with E-state index in [1.165, 1.54) is 6.92 Å². The highest BCUT2D eigenvalue weighted by Crippen LogP contribution is 2.15. The SMILES string of the molecule is CC(=O)c1c(C)nn(CC(=O)NCc2nc3c(C)cccc3[nH]2)c1C. The number of amides is 1. The van der Waals surface area contributed by atoms with E-state index in [-0.39, 0.29) is 18.2 Å². The molecule has 0 aliphatic rings. The third-order valence-corrected chi connectivity index (χ3v) is 4.24. The van der Waals surface area contributed by atoms with E-state index in [0.29, 0.717) is 29.3 Å². The Bertz CT molecular complexity index is 967. The Morgan fingerprint density at radius 3 is 2.64 bits per heavy atom. The van der Waals surface area contributed by atoms with E-state index in [0.717, 1.165) is 16.6 Å². The summed E-state index contributed by atoms with van der Waals surface area (Å²) in [6.45, 7) is 7.46. The Balaban J connectivity index is 1.68. The molecule has 0 fully saturated rings. The van der Waals surface area contributed by atoms with Gasteiger partial charge in [-0.3, -0.25) is 14.3 Å². The van der Waals surface area contributed by atoms with Gasteiger partial charge in [0, 0.05) is 5.69 Å². The predicted octanol–water partition coefficient (Wildman–Crippen LogP) is 2.20. The van der Waals surface area contributed by atoms with Crippen molar-refractivity contribution in [2.24, 2.45) is 0 Å². The van der Waals surface area contributed by atoms with Crippen molar-refractivity contribution in [3.63, 3.8) is 0 Å². The Kier molecular flexibility index (Phi) is 4.39. The first-order valence-corrected chi connectivity index (χ1v) is 8.12. The Morgan fingerprint density at radius 1 is 1.24 bits per heavy atom. The second kappa shape index (κ2) is 6.51. The van der Waals surface area contributed by atoms with Crippen LogP contribution in [0.4, 0.5) is 0 Å². The first-order valence-electron chi connectivity index (χ1n) is 8.12. The topological polar surface area (TPSA) is 92.7 Å². The average molecular weight is 339 g/mol. The highest BCUT2D eigenvalue weighted by Gasteiger charge is 2.17. The summed E-state index contributed by atoms with van der Waals surface area (Å²) in [7, 11) is 0. The summed E-state index contributed by atoms with van der Waals surface area (Å²) < 4.78 is 1.56. The summed E-state index contributed by atoms with van der Waals surface area (Å²) in [6, 6.07) is 5.93. The van der Waals surface area contributed by atoms with Crippen molar-refractivity contribution in [3.05, 3.63) is 46.5 Å². The maximum absolute atomic E-state index is 12.2. The van der Waals surface area contributed by atoms with Gasteiger partial charge in [0.2, 0.25) is 5.91 Å². The fourth-order valence-corrected chi connectivity index (χ4v) is 3.04. The summed E-state index contributed by atoms with van der Waals surface area (Å²) in [4.78, 5) is 31.6. The molecule has 2 N–H and O–H groups in total. The lowest BCUT2D eigenvalue weighted by Crippen LogP contribution is -2.28. The highest BCUT2D eigenvalue weighted by atomic mass is 16.2. The first kappa shape index (κ1) is 16.9. The number of Topliss-reactive ketones (excluding diaryl/α,β-unsaturated/α-hetero) is 1. The Hall–Kier alpha value is -2.96. The van der Waals surface area contributed by atoms with Gasteiger partial charge in [-0.05, 0) is 39.3 Å². The molecule has 1 aromatic carbocycles. The standard InChI is InChI=1S/C18H21N5O2/c1-10-6-5-7-14-18(10)21-15(20-14)8-19-16(25)9-23-12(3)17(13(4)24)11(2)22-23/h5-7H,8-9H2,1-4H3,(H,19,25)(H,20,21). The normalized spacial score (nSPS) is 11.0. The molecular weight excluding hydrogens is 318 g/mol. The largest absolute Gasteiger partial charge is 0.347 e. The number of nitrogens with one attached hydrogen (secondary N) is 2. The van der Waals surface area contributed by atoms with Crippen LogP contribution in [-0.4, -0.2) is 31.4 Å². The minimum Gasteiger partial charge on any atom is -0.347 e. The minimum atomic E-state index is -0.183. The molecule has 7 heteroatoms. The molecule has 0 saturated heterocycles. The van der Waals surface area contributed by atoms with E-state index >= 15 is 0 Å². The van der Waals surface area contributed by atoms with Gasteiger partial charge in [-0.2, -0.15) is 5.10 Å². The third kappa shape index (κ3) is 3.31. The molecule has 0 spiro atoms. The predicted molar refractivity (Wildman–Crippen MR) is 94.4 cm³/mol. The van der Waals surface area contributed by atoms with Crippen LogP contribution in [0, 0.1) is 20.8 Å². The number of aromatic amines is 1. The van der Waals surface area contributed by atoms with Gasteiger partial charge >= 0.3 is 0 Å². The molecule has 0 saturated carbocycles. The zero-order valence-corrected chi connectivity index (χ0v) is 14.8. The van der Waals surface area contributed by atoms with Gasteiger partial charge in [0.05, 0.1) is 28.8 Å².